The third-order valence-electron chi connectivity index (χ3n) is 3.54. The van der Waals surface area contributed by atoms with Crippen LogP contribution in [-0.2, 0) is 4.74 Å². The standard InChI is InChI=1S/C11H22N2O/c1-12(11-5-3-2-4-6-11)13-7-9-14-10-8-13/h11H,2-10H2,1H3. The smallest absolute Gasteiger partial charge is 0.0608 e. The summed E-state index contributed by atoms with van der Waals surface area (Å²) in [4.78, 5) is 0. The van der Waals surface area contributed by atoms with Gasteiger partial charge in [-0.25, -0.2) is 10.0 Å². The number of nitrogens with zero attached hydrogens (tertiary/aromatic N) is 2. The molecule has 3 heteroatoms. The maximum Gasteiger partial charge on any atom is 0.0608 e. The van der Waals surface area contributed by atoms with E-state index in [0.29, 0.717) is 0 Å². The van der Waals surface area contributed by atoms with E-state index < -0.39 is 0 Å². The van der Waals surface area contributed by atoms with E-state index in [2.05, 4.69) is 17.1 Å². The Hall–Kier alpha value is -0.120. The first-order valence-corrected chi connectivity index (χ1v) is 5.93. The molecule has 1 saturated heterocycles. The molecule has 0 spiro atoms. The molecule has 82 valence electrons. The highest BCUT2D eigenvalue weighted by molar-refractivity contribution is 4.73. The largest absolute Gasteiger partial charge is 0.379 e. The van der Waals surface area contributed by atoms with Crippen molar-refractivity contribution in [1.82, 2.24) is 10.0 Å². The molecule has 1 heterocycles. The quantitative estimate of drug-likeness (QED) is 0.669. The van der Waals surface area contributed by atoms with Crippen LogP contribution in [0.1, 0.15) is 32.1 Å². The van der Waals surface area contributed by atoms with Crippen LogP contribution in [0.5, 0.6) is 0 Å². The molecule has 1 aliphatic heterocycles. The summed E-state index contributed by atoms with van der Waals surface area (Å²) in [5, 5.41) is 4.93. The molecule has 0 radical (unpaired) electrons. The zero-order chi connectivity index (χ0) is 9.80. The van der Waals surface area contributed by atoms with Crippen molar-refractivity contribution >= 4 is 0 Å². The summed E-state index contributed by atoms with van der Waals surface area (Å²) in [5.41, 5.74) is 0. The van der Waals surface area contributed by atoms with E-state index in [1.54, 1.807) is 0 Å². The number of hydrogen-bond donors (Lipinski definition) is 0. The molecule has 0 atom stereocenters. The summed E-state index contributed by atoms with van der Waals surface area (Å²) in [6, 6.07) is 0.793. The fourth-order valence-electron chi connectivity index (χ4n) is 2.55. The van der Waals surface area contributed by atoms with Gasteiger partial charge in [0.05, 0.1) is 13.2 Å². The van der Waals surface area contributed by atoms with Crippen molar-refractivity contribution in [2.45, 2.75) is 38.1 Å². The molecule has 1 aliphatic carbocycles. The molecular weight excluding hydrogens is 176 g/mol. The van der Waals surface area contributed by atoms with Gasteiger partial charge in [0.1, 0.15) is 0 Å². The number of hydrazine groups is 1. The first kappa shape index (κ1) is 10.4. The van der Waals surface area contributed by atoms with Crippen molar-refractivity contribution in [1.29, 1.82) is 0 Å². The maximum atomic E-state index is 5.37. The Labute approximate surface area is 87.0 Å². The van der Waals surface area contributed by atoms with Crippen molar-refractivity contribution < 1.29 is 4.74 Å². The van der Waals surface area contributed by atoms with Crippen molar-refractivity contribution in [3.05, 3.63) is 0 Å². The molecule has 2 rings (SSSR count). The molecule has 3 nitrogen and oxygen atoms in total. The minimum absolute atomic E-state index is 0.793. The number of ether oxygens (including phenoxy) is 1. The van der Waals surface area contributed by atoms with Crippen LogP contribution in [-0.4, -0.2) is 49.4 Å². The van der Waals surface area contributed by atoms with Crippen LogP contribution in [0, 0.1) is 0 Å². The highest BCUT2D eigenvalue weighted by atomic mass is 16.5. The van der Waals surface area contributed by atoms with E-state index in [9.17, 15) is 0 Å². The van der Waals surface area contributed by atoms with Gasteiger partial charge in [-0.1, -0.05) is 19.3 Å². The predicted molar refractivity (Wildman–Crippen MR) is 57.0 cm³/mol. The highest BCUT2D eigenvalue weighted by Gasteiger charge is 2.23. The summed E-state index contributed by atoms with van der Waals surface area (Å²) in [6.45, 7) is 3.95. The lowest BCUT2D eigenvalue weighted by Gasteiger charge is -2.41. The van der Waals surface area contributed by atoms with Crippen LogP contribution in [0.3, 0.4) is 0 Å². The second kappa shape index (κ2) is 5.10. The molecule has 2 fully saturated rings. The Kier molecular flexibility index (Phi) is 3.79. The Balaban J connectivity index is 1.82. The monoisotopic (exact) mass is 198 g/mol. The Bertz CT molecular complexity index is 145. The molecule has 14 heavy (non-hydrogen) atoms. The van der Waals surface area contributed by atoms with Crippen LogP contribution in [0.15, 0.2) is 0 Å². The lowest BCUT2D eigenvalue weighted by molar-refractivity contribution is -0.103. The van der Waals surface area contributed by atoms with Crippen molar-refractivity contribution in [3.63, 3.8) is 0 Å². The minimum Gasteiger partial charge on any atom is -0.379 e. The highest BCUT2D eigenvalue weighted by Crippen LogP contribution is 2.22. The van der Waals surface area contributed by atoms with E-state index in [0.717, 1.165) is 32.3 Å². The second-order valence-corrected chi connectivity index (χ2v) is 4.43. The van der Waals surface area contributed by atoms with Gasteiger partial charge < -0.3 is 4.74 Å². The van der Waals surface area contributed by atoms with Gasteiger partial charge in [0, 0.05) is 26.2 Å². The van der Waals surface area contributed by atoms with Crippen LogP contribution in [0.25, 0.3) is 0 Å². The van der Waals surface area contributed by atoms with Crippen molar-refractivity contribution in [2.24, 2.45) is 0 Å². The van der Waals surface area contributed by atoms with E-state index in [1.807, 2.05) is 0 Å². The molecule has 0 aromatic heterocycles. The van der Waals surface area contributed by atoms with Gasteiger partial charge >= 0.3 is 0 Å². The first-order valence-electron chi connectivity index (χ1n) is 5.93. The van der Waals surface area contributed by atoms with Crippen molar-refractivity contribution in [2.75, 3.05) is 33.4 Å². The third kappa shape index (κ3) is 2.47. The van der Waals surface area contributed by atoms with E-state index in [4.69, 9.17) is 4.74 Å². The molecule has 2 aliphatic rings. The third-order valence-corrected chi connectivity index (χ3v) is 3.54. The van der Waals surface area contributed by atoms with E-state index in [1.165, 1.54) is 32.1 Å². The lowest BCUT2D eigenvalue weighted by atomic mass is 9.95. The number of morpholine rings is 1. The number of hydrogen-bond acceptors (Lipinski definition) is 3. The average Bonchev–Trinajstić information content (AvgIpc) is 2.30. The van der Waals surface area contributed by atoms with Gasteiger partial charge in [0.15, 0.2) is 0 Å². The molecule has 0 N–H and O–H groups in total. The molecule has 1 saturated carbocycles. The average molecular weight is 198 g/mol. The van der Waals surface area contributed by atoms with E-state index >= 15 is 0 Å². The molecule has 0 aromatic rings. The molecule has 0 aromatic carbocycles. The van der Waals surface area contributed by atoms with Gasteiger partial charge in [-0.3, -0.25) is 0 Å². The Morgan fingerprint density at radius 2 is 1.71 bits per heavy atom. The summed E-state index contributed by atoms with van der Waals surface area (Å²) < 4.78 is 5.37. The fraction of sp³-hybridized carbons (Fsp3) is 1.00. The molecule has 0 unspecified atom stereocenters. The normalized spacial score (nSPS) is 27.0. The summed E-state index contributed by atoms with van der Waals surface area (Å²) in [6.07, 6.45) is 7.04. The van der Waals surface area contributed by atoms with Gasteiger partial charge in [-0.15, -0.1) is 0 Å². The zero-order valence-corrected chi connectivity index (χ0v) is 9.24. The Morgan fingerprint density at radius 3 is 2.36 bits per heavy atom. The lowest BCUT2D eigenvalue weighted by Crippen LogP contribution is -2.51. The van der Waals surface area contributed by atoms with Crippen LogP contribution >= 0.6 is 0 Å². The SMILES string of the molecule is CN(C1CCCCC1)N1CCOCC1. The summed E-state index contributed by atoms with van der Waals surface area (Å²) in [7, 11) is 2.25. The van der Waals surface area contributed by atoms with Gasteiger partial charge in [0.2, 0.25) is 0 Å². The topological polar surface area (TPSA) is 15.7 Å². The molecular formula is C11H22N2O. The fourth-order valence-corrected chi connectivity index (χ4v) is 2.55. The molecule has 0 bridgehead atoms. The number of rotatable bonds is 2. The van der Waals surface area contributed by atoms with Crippen LogP contribution < -0.4 is 0 Å². The van der Waals surface area contributed by atoms with Gasteiger partial charge in [-0.2, -0.15) is 0 Å². The second-order valence-electron chi connectivity index (χ2n) is 4.43. The Morgan fingerprint density at radius 1 is 1.07 bits per heavy atom. The van der Waals surface area contributed by atoms with Crippen LogP contribution in [0.4, 0.5) is 0 Å². The molecule has 0 amide bonds. The predicted octanol–water partition coefficient (Wildman–Crippen LogP) is 1.50. The van der Waals surface area contributed by atoms with Crippen molar-refractivity contribution in [3.8, 4) is 0 Å². The van der Waals surface area contributed by atoms with E-state index in [-0.39, 0.29) is 0 Å². The minimum atomic E-state index is 0.793. The maximum absolute atomic E-state index is 5.37. The summed E-state index contributed by atoms with van der Waals surface area (Å²) >= 11 is 0. The van der Waals surface area contributed by atoms with Gasteiger partial charge in [0.25, 0.3) is 0 Å². The first-order chi connectivity index (χ1) is 6.88. The van der Waals surface area contributed by atoms with Gasteiger partial charge in [-0.05, 0) is 12.8 Å². The summed E-state index contributed by atoms with van der Waals surface area (Å²) in [5.74, 6) is 0. The zero-order valence-electron chi connectivity index (χ0n) is 9.24. The van der Waals surface area contributed by atoms with Crippen LogP contribution in [0.2, 0.25) is 0 Å².